The van der Waals surface area contributed by atoms with Crippen molar-refractivity contribution in [3.8, 4) is 0 Å². The lowest BCUT2D eigenvalue weighted by atomic mass is 10.0. The molecule has 1 amide bonds. The van der Waals surface area contributed by atoms with Crippen molar-refractivity contribution in [1.82, 2.24) is 10.0 Å². The van der Waals surface area contributed by atoms with Crippen molar-refractivity contribution < 1.29 is 13.2 Å². The molecule has 0 aliphatic rings. The zero-order chi connectivity index (χ0) is 16.3. The van der Waals surface area contributed by atoms with Crippen LogP contribution in [0.15, 0.2) is 29.2 Å². The number of carbonyl (C=O) groups excluding carboxylic acids is 1. The van der Waals surface area contributed by atoms with Crippen LogP contribution in [0.3, 0.4) is 0 Å². The van der Waals surface area contributed by atoms with Gasteiger partial charge in [0.15, 0.2) is 0 Å². The summed E-state index contributed by atoms with van der Waals surface area (Å²) in [6, 6.07) is 6.82. The second kappa shape index (κ2) is 6.58. The predicted octanol–water partition coefficient (Wildman–Crippen LogP) is 2.00. The third-order valence-corrected chi connectivity index (χ3v) is 4.24. The van der Waals surface area contributed by atoms with Crippen LogP contribution < -0.4 is 10.0 Å². The maximum absolute atomic E-state index is 12.3. The van der Waals surface area contributed by atoms with E-state index < -0.39 is 15.6 Å². The van der Waals surface area contributed by atoms with Crippen LogP contribution in [-0.4, -0.2) is 26.4 Å². The van der Waals surface area contributed by atoms with Gasteiger partial charge in [0.05, 0.1) is 11.4 Å². The number of benzene rings is 1. The molecule has 0 unspecified atom stereocenters. The Morgan fingerprint density at radius 1 is 1.19 bits per heavy atom. The summed E-state index contributed by atoms with van der Waals surface area (Å²) in [5.41, 5.74) is 0.347. The van der Waals surface area contributed by atoms with Crippen molar-refractivity contribution in [3.63, 3.8) is 0 Å². The van der Waals surface area contributed by atoms with Crippen molar-refractivity contribution in [2.75, 3.05) is 6.54 Å². The summed E-state index contributed by atoms with van der Waals surface area (Å²) in [6.07, 6.45) is 0. The van der Waals surface area contributed by atoms with Gasteiger partial charge in [-0.3, -0.25) is 4.79 Å². The number of hydrogen-bond acceptors (Lipinski definition) is 3. The van der Waals surface area contributed by atoms with Gasteiger partial charge in [-0.1, -0.05) is 32.0 Å². The molecule has 0 saturated heterocycles. The smallest absolute Gasteiger partial charge is 0.241 e. The molecule has 118 valence electrons. The van der Waals surface area contributed by atoms with E-state index in [9.17, 15) is 13.2 Å². The van der Waals surface area contributed by atoms with Gasteiger partial charge in [-0.2, -0.15) is 0 Å². The molecular formula is C15H24N2O3S. The van der Waals surface area contributed by atoms with Gasteiger partial charge in [-0.25, -0.2) is 13.1 Å². The predicted molar refractivity (Wildman–Crippen MR) is 83.6 cm³/mol. The molecule has 0 radical (unpaired) electrons. The van der Waals surface area contributed by atoms with E-state index in [0.29, 0.717) is 0 Å². The van der Waals surface area contributed by atoms with Crippen LogP contribution in [0.1, 0.15) is 46.1 Å². The van der Waals surface area contributed by atoms with E-state index in [2.05, 4.69) is 10.0 Å². The van der Waals surface area contributed by atoms with Crippen LogP contribution >= 0.6 is 0 Å². The molecule has 0 atom stereocenters. The molecule has 2 N–H and O–H groups in total. The van der Waals surface area contributed by atoms with Crippen molar-refractivity contribution in [2.24, 2.45) is 0 Å². The first-order chi connectivity index (χ1) is 9.53. The third-order valence-electron chi connectivity index (χ3n) is 2.77. The molecular weight excluding hydrogens is 288 g/mol. The molecule has 0 aliphatic heterocycles. The van der Waals surface area contributed by atoms with E-state index in [-0.39, 0.29) is 23.3 Å². The van der Waals surface area contributed by atoms with Crippen molar-refractivity contribution in [3.05, 3.63) is 29.8 Å². The molecule has 0 spiro atoms. The van der Waals surface area contributed by atoms with Gasteiger partial charge < -0.3 is 5.32 Å². The maximum Gasteiger partial charge on any atom is 0.241 e. The molecule has 1 aromatic carbocycles. The fraction of sp³-hybridized carbons (Fsp3) is 0.533. The van der Waals surface area contributed by atoms with Crippen LogP contribution in [0.2, 0.25) is 0 Å². The highest BCUT2D eigenvalue weighted by molar-refractivity contribution is 7.89. The molecule has 1 rings (SSSR count). The summed E-state index contributed by atoms with van der Waals surface area (Å²) >= 11 is 0. The minimum Gasteiger partial charge on any atom is -0.350 e. The van der Waals surface area contributed by atoms with Crippen LogP contribution in [0.4, 0.5) is 0 Å². The number of carbonyl (C=O) groups is 1. The Kier molecular flexibility index (Phi) is 5.53. The zero-order valence-electron chi connectivity index (χ0n) is 13.2. The maximum atomic E-state index is 12.3. The molecule has 0 saturated carbocycles. The summed E-state index contributed by atoms with van der Waals surface area (Å²) < 4.78 is 27.0. The van der Waals surface area contributed by atoms with Crippen molar-refractivity contribution >= 4 is 15.9 Å². The summed E-state index contributed by atoms with van der Waals surface area (Å²) in [5.74, 6) is -0.269. The van der Waals surface area contributed by atoms with Crippen molar-refractivity contribution in [2.45, 2.75) is 51.0 Å². The standard InChI is InChI=1S/C15H24N2O3S/c1-11(2)12-8-6-7-9-13(12)21(19,20)16-10-14(18)17-15(3,4)5/h6-9,11,16H,10H2,1-5H3,(H,17,18). The van der Waals surface area contributed by atoms with Gasteiger partial charge in [-0.15, -0.1) is 0 Å². The van der Waals surface area contributed by atoms with Gasteiger partial charge >= 0.3 is 0 Å². The molecule has 21 heavy (non-hydrogen) atoms. The zero-order valence-corrected chi connectivity index (χ0v) is 14.0. The van der Waals surface area contributed by atoms with E-state index in [0.717, 1.165) is 5.56 Å². The van der Waals surface area contributed by atoms with Gasteiger partial charge in [0, 0.05) is 5.54 Å². The summed E-state index contributed by atoms with van der Waals surface area (Å²) in [4.78, 5) is 11.9. The first-order valence-electron chi connectivity index (χ1n) is 6.92. The lowest BCUT2D eigenvalue weighted by Gasteiger charge is -2.20. The number of hydrogen-bond donors (Lipinski definition) is 2. The highest BCUT2D eigenvalue weighted by Crippen LogP contribution is 2.22. The van der Waals surface area contributed by atoms with E-state index >= 15 is 0 Å². The molecule has 6 heteroatoms. The molecule has 5 nitrogen and oxygen atoms in total. The Hall–Kier alpha value is -1.40. The van der Waals surface area contributed by atoms with Crippen LogP contribution in [0.5, 0.6) is 0 Å². The van der Waals surface area contributed by atoms with Gasteiger partial charge in [-0.05, 0) is 38.3 Å². The van der Waals surface area contributed by atoms with Gasteiger partial charge in [0.2, 0.25) is 15.9 Å². The van der Waals surface area contributed by atoms with E-state index in [1.807, 2.05) is 34.6 Å². The lowest BCUT2D eigenvalue weighted by Crippen LogP contribution is -2.45. The largest absolute Gasteiger partial charge is 0.350 e. The van der Waals surface area contributed by atoms with E-state index in [1.54, 1.807) is 24.3 Å². The minimum absolute atomic E-state index is 0.0844. The minimum atomic E-state index is -3.70. The Bertz CT molecular complexity index is 602. The van der Waals surface area contributed by atoms with E-state index in [1.165, 1.54) is 0 Å². The average molecular weight is 312 g/mol. The number of amides is 1. The fourth-order valence-electron chi connectivity index (χ4n) is 1.90. The Labute approximate surface area is 127 Å². The molecule has 0 aromatic heterocycles. The number of nitrogens with one attached hydrogen (secondary N) is 2. The van der Waals surface area contributed by atoms with E-state index in [4.69, 9.17) is 0 Å². The quantitative estimate of drug-likeness (QED) is 0.873. The summed E-state index contributed by atoms with van der Waals surface area (Å²) in [5, 5.41) is 2.71. The molecule has 1 aromatic rings. The lowest BCUT2D eigenvalue weighted by molar-refractivity contribution is -0.121. The molecule has 0 fully saturated rings. The van der Waals surface area contributed by atoms with Crippen LogP contribution in [-0.2, 0) is 14.8 Å². The highest BCUT2D eigenvalue weighted by atomic mass is 32.2. The van der Waals surface area contributed by atoms with Crippen LogP contribution in [0, 0.1) is 0 Å². The average Bonchev–Trinajstić information content (AvgIpc) is 2.34. The van der Waals surface area contributed by atoms with Gasteiger partial charge in [0.1, 0.15) is 0 Å². The molecule has 0 heterocycles. The topological polar surface area (TPSA) is 75.3 Å². The second-order valence-corrected chi connectivity index (χ2v) is 8.05. The van der Waals surface area contributed by atoms with Gasteiger partial charge in [0.25, 0.3) is 0 Å². The third kappa shape index (κ3) is 5.47. The first-order valence-corrected chi connectivity index (χ1v) is 8.41. The first kappa shape index (κ1) is 17.7. The highest BCUT2D eigenvalue weighted by Gasteiger charge is 2.21. The fourth-order valence-corrected chi connectivity index (χ4v) is 3.25. The number of rotatable bonds is 5. The molecule has 0 bridgehead atoms. The van der Waals surface area contributed by atoms with Crippen LogP contribution in [0.25, 0.3) is 0 Å². The second-order valence-electron chi connectivity index (χ2n) is 6.32. The SMILES string of the molecule is CC(C)c1ccccc1S(=O)(=O)NCC(=O)NC(C)(C)C. The number of sulfonamides is 1. The summed E-state index contributed by atoms with van der Waals surface area (Å²) in [7, 11) is -3.70. The Balaban J connectivity index is 2.86. The Morgan fingerprint density at radius 2 is 1.76 bits per heavy atom. The molecule has 0 aliphatic carbocycles. The summed E-state index contributed by atoms with van der Waals surface area (Å²) in [6.45, 7) is 9.11. The normalized spacial score (nSPS) is 12.5. The van der Waals surface area contributed by atoms with Crippen molar-refractivity contribution in [1.29, 1.82) is 0 Å². The monoisotopic (exact) mass is 312 g/mol. The Morgan fingerprint density at radius 3 is 2.29 bits per heavy atom.